The molecule has 0 radical (unpaired) electrons. The molecule has 2 heterocycles. The molecule has 5 nitrogen and oxygen atoms in total. The molecule has 0 aliphatic carbocycles. The molecule has 2 aromatic heterocycles. The normalized spacial score (nSPS) is 10.4. The Hall–Kier alpha value is -2.58. The third kappa shape index (κ3) is 3.66. The van der Waals surface area contributed by atoms with Gasteiger partial charge in [-0.15, -0.1) is 22.7 Å². The Morgan fingerprint density at radius 2 is 2.00 bits per heavy atom. The van der Waals surface area contributed by atoms with Crippen LogP contribution >= 0.6 is 22.7 Å². The summed E-state index contributed by atoms with van der Waals surface area (Å²) in [5.41, 5.74) is 0.599. The Morgan fingerprint density at radius 3 is 2.71 bits per heavy atom. The summed E-state index contributed by atoms with van der Waals surface area (Å²) in [5.74, 6) is -1.38. The van der Waals surface area contributed by atoms with Gasteiger partial charge in [0, 0.05) is 18.0 Å². The number of nitrogens with one attached hydrogen (secondary N) is 2. The van der Waals surface area contributed by atoms with Crippen molar-refractivity contribution in [2.45, 2.75) is 6.92 Å². The van der Waals surface area contributed by atoms with E-state index in [1.165, 1.54) is 47.8 Å². The number of hydrogen-bond donors (Lipinski definition) is 2. The number of amides is 2. The molecule has 1 aromatic carbocycles. The summed E-state index contributed by atoms with van der Waals surface area (Å²) in [6.45, 7) is 1.35. The topological polar surface area (TPSA) is 71.1 Å². The maximum absolute atomic E-state index is 13.9. The summed E-state index contributed by atoms with van der Waals surface area (Å²) in [6, 6.07) is 7.79. The van der Waals surface area contributed by atoms with Crippen LogP contribution in [0.15, 0.2) is 41.1 Å². The molecule has 2 N–H and O–H groups in total. The number of rotatable bonds is 4. The summed E-state index contributed by atoms with van der Waals surface area (Å²) < 4.78 is 13.9. The largest absolute Gasteiger partial charge is 0.326 e. The molecule has 24 heavy (non-hydrogen) atoms. The van der Waals surface area contributed by atoms with Crippen molar-refractivity contribution in [1.82, 2.24) is 4.98 Å². The van der Waals surface area contributed by atoms with Crippen LogP contribution in [0.5, 0.6) is 0 Å². The van der Waals surface area contributed by atoms with Crippen LogP contribution in [0.2, 0.25) is 0 Å². The van der Waals surface area contributed by atoms with Gasteiger partial charge >= 0.3 is 0 Å². The van der Waals surface area contributed by atoms with Gasteiger partial charge in [-0.25, -0.2) is 9.37 Å². The van der Waals surface area contributed by atoms with Gasteiger partial charge in [0.25, 0.3) is 5.91 Å². The van der Waals surface area contributed by atoms with Gasteiger partial charge in [-0.2, -0.15) is 0 Å². The Balaban J connectivity index is 1.78. The van der Waals surface area contributed by atoms with Crippen molar-refractivity contribution < 1.29 is 14.0 Å². The highest BCUT2D eigenvalue weighted by Gasteiger charge is 2.15. The van der Waals surface area contributed by atoms with Crippen LogP contribution in [0.25, 0.3) is 9.88 Å². The summed E-state index contributed by atoms with van der Waals surface area (Å²) in [7, 11) is 0. The van der Waals surface area contributed by atoms with E-state index >= 15 is 0 Å². The van der Waals surface area contributed by atoms with E-state index in [9.17, 15) is 14.0 Å². The fourth-order valence-electron chi connectivity index (χ4n) is 1.98. The van der Waals surface area contributed by atoms with Gasteiger partial charge in [0.1, 0.15) is 16.5 Å². The molecule has 0 saturated carbocycles. The first-order valence-corrected chi connectivity index (χ1v) is 8.67. The highest BCUT2D eigenvalue weighted by atomic mass is 32.1. The number of thiophene rings is 1. The first kappa shape index (κ1) is 16.3. The molecule has 8 heteroatoms. The lowest BCUT2D eigenvalue weighted by atomic mass is 10.2. The predicted molar refractivity (Wildman–Crippen MR) is 94.1 cm³/mol. The van der Waals surface area contributed by atoms with Crippen LogP contribution in [0.3, 0.4) is 0 Å². The molecule has 0 unspecified atom stereocenters. The van der Waals surface area contributed by atoms with E-state index in [0.29, 0.717) is 5.69 Å². The molecule has 122 valence electrons. The SMILES string of the molecule is CC(=O)Nc1ccc(F)c(NC(=O)c2csc(-c3cccs3)n2)c1. The molecule has 0 fully saturated rings. The molecule has 0 aliphatic heterocycles. The average molecular weight is 361 g/mol. The molecular formula is C16H12FN3O2S2. The van der Waals surface area contributed by atoms with Gasteiger partial charge in [-0.05, 0) is 29.6 Å². The van der Waals surface area contributed by atoms with Gasteiger partial charge in [-0.3, -0.25) is 9.59 Å². The van der Waals surface area contributed by atoms with Crippen molar-refractivity contribution in [3.05, 3.63) is 52.6 Å². The zero-order valence-electron chi connectivity index (χ0n) is 12.5. The van der Waals surface area contributed by atoms with Crippen molar-refractivity contribution in [2.75, 3.05) is 10.6 Å². The number of thiazole rings is 1. The third-order valence-corrected chi connectivity index (χ3v) is 4.89. The minimum Gasteiger partial charge on any atom is -0.326 e. The minimum absolute atomic E-state index is 0.0167. The number of carbonyl (C=O) groups is 2. The number of benzene rings is 1. The van der Waals surface area contributed by atoms with Crippen LogP contribution in [0, 0.1) is 5.82 Å². The maximum Gasteiger partial charge on any atom is 0.275 e. The van der Waals surface area contributed by atoms with E-state index in [-0.39, 0.29) is 17.3 Å². The number of hydrogen-bond acceptors (Lipinski definition) is 5. The first-order valence-electron chi connectivity index (χ1n) is 6.91. The van der Waals surface area contributed by atoms with E-state index in [0.717, 1.165) is 9.88 Å². The molecular weight excluding hydrogens is 349 g/mol. The summed E-state index contributed by atoms with van der Waals surface area (Å²) >= 11 is 2.88. The predicted octanol–water partition coefficient (Wildman–Crippen LogP) is 4.22. The van der Waals surface area contributed by atoms with E-state index < -0.39 is 11.7 Å². The molecule has 0 atom stereocenters. The van der Waals surface area contributed by atoms with Crippen molar-refractivity contribution in [3.63, 3.8) is 0 Å². The molecule has 2 amide bonds. The van der Waals surface area contributed by atoms with Crippen LogP contribution in [-0.4, -0.2) is 16.8 Å². The number of aromatic nitrogens is 1. The lowest BCUT2D eigenvalue weighted by Crippen LogP contribution is -2.14. The van der Waals surface area contributed by atoms with Gasteiger partial charge in [0.15, 0.2) is 0 Å². The van der Waals surface area contributed by atoms with Crippen LogP contribution in [-0.2, 0) is 4.79 Å². The number of halogens is 1. The lowest BCUT2D eigenvalue weighted by Gasteiger charge is -2.08. The van der Waals surface area contributed by atoms with Crippen molar-refractivity contribution in [2.24, 2.45) is 0 Å². The Bertz CT molecular complexity index is 891. The smallest absolute Gasteiger partial charge is 0.275 e. The quantitative estimate of drug-likeness (QED) is 0.731. The number of nitrogens with zero attached hydrogens (tertiary/aromatic N) is 1. The van der Waals surface area contributed by atoms with E-state index in [1.807, 2.05) is 17.5 Å². The van der Waals surface area contributed by atoms with Crippen molar-refractivity contribution in [3.8, 4) is 9.88 Å². The van der Waals surface area contributed by atoms with Crippen LogP contribution in [0.4, 0.5) is 15.8 Å². The molecule has 3 aromatic rings. The lowest BCUT2D eigenvalue weighted by molar-refractivity contribution is -0.114. The molecule has 0 aliphatic rings. The average Bonchev–Trinajstić information content (AvgIpc) is 3.20. The highest BCUT2D eigenvalue weighted by Crippen LogP contribution is 2.28. The highest BCUT2D eigenvalue weighted by molar-refractivity contribution is 7.20. The maximum atomic E-state index is 13.9. The number of carbonyl (C=O) groups excluding carboxylic acids is 2. The zero-order chi connectivity index (χ0) is 17.1. The molecule has 0 bridgehead atoms. The Morgan fingerprint density at radius 1 is 1.17 bits per heavy atom. The molecule has 0 spiro atoms. The monoisotopic (exact) mass is 361 g/mol. The van der Waals surface area contributed by atoms with Gasteiger partial charge in [0.05, 0.1) is 10.6 Å². The zero-order valence-corrected chi connectivity index (χ0v) is 14.1. The van der Waals surface area contributed by atoms with E-state index in [4.69, 9.17) is 0 Å². The van der Waals surface area contributed by atoms with Crippen molar-refractivity contribution >= 4 is 45.9 Å². The van der Waals surface area contributed by atoms with Gasteiger partial charge in [-0.1, -0.05) is 6.07 Å². The molecule has 0 saturated heterocycles. The van der Waals surface area contributed by atoms with Crippen molar-refractivity contribution in [1.29, 1.82) is 0 Å². The first-order chi connectivity index (χ1) is 11.5. The second-order valence-electron chi connectivity index (χ2n) is 4.85. The Labute approximate surface area is 145 Å². The summed E-state index contributed by atoms with van der Waals surface area (Å²) in [5, 5.41) is 9.31. The third-order valence-electron chi connectivity index (χ3n) is 3.00. The van der Waals surface area contributed by atoms with E-state index in [1.54, 1.807) is 5.38 Å². The fraction of sp³-hybridized carbons (Fsp3) is 0.0625. The summed E-state index contributed by atoms with van der Waals surface area (Å²) in [4.78, 5) is 28.6. The molecule has 3 rings (SSSR count). The minimum atomic E-state index is -0.592. The second kappa shape index (κ2) is 6.90. The summed E-state index contributed by atoms with van der Waals surface area (Å²) in [6.07, 6.45) is 0. The fourth-order valence-corrected chi connectivity index (χ4v) is 3.59. The second-order valence-corrected chi connectivity index (χ2v) is 6.65. The van der Waals surface area contributed by atoms with E-state index in [2.05, 4.69) is 15.6 Å². The van der Waals surface area contributed by atoms with Crippen LogP contribution < -0.4 is 10.6 Å². The van der Waals surface area contributed by atoms with Gasteiger partial charge in [0.2, 0.25) is 5.91 Å². The van der Waals surface area contributed by atoms with Gasteiger partial charge < -0.3 is 10.6 Å². The Kier molecular flexibility index (Phi) is 4.68. The number of anilines is 2. The van der Waals surface area contributed by atoms with Crippen LogP contribution in [0.1, 0.15) is 17.4 Å². The standard InChI is InChI=1S/C16H12FN3O2S2/c1-9(21)18-10-4-5-11(17)12(7-10)19-15(22)13-8-24-16(20-13)14-3-2-6-23-14/h2-8H,1H3,(H,18,21)(H,19,22).